The van der Waals surface area contributed by atoms with E-state index < -0.39 is 0 Å². The molecule has 2 aromatic rings. The van der Waals surface area contributed by atoms with Gasteiger partial charge < -0.3 is 15.1 Å². The molecule has 0 bridgehead atoms. The normalized spacial score (nSPS) is 13.4. The summed E-state index contributed by atoms with van der Waals surface area (Å²) < 4.78 is 0. The maximum absolute atomic E-state index is 12.6. The smallest absolute Gasteiger partial charge is 0.322 e. The molecule has 132 valence electrons. The van der Waals surface area contributed by atoms with Crippen LogP contribution in [0, 0.1) is 6.92 Å². The van der Waals surface area contributed by atoms with Crippen molar-refractivity contribution in [1.82, 2.24) is 14.9 Å². The predicted octanol–water partition coefficient (Wildman–Crippen LogP) is 3.48. The summed E-state index contributed by atoms with van der Waals surface area (Å²) in [5.41, 5.74) is 2.76. The lowest BCUT2D eigenvalue weighted by Gasteiger charge is -2.31. The van der Waals surface area contributed by atoms with E-state index >= 15 is 0 Å². The van der Waals surface area contributed by atoms with Crippen LogP contribution >= 0.6 is 11.6 Å². The Morgan fingerprint density at radius 2 is 2.20 bits per heavy atom. The molecular formula is C18H22ClN5O. The topological polar surface area (TPSA) is 61.4 Å². The van der Waals surface area contributed by atoms with E-state index in [1.54, 1.807) is 17.0 Å². The summed E-state index contributed by atoms with van der Waals surface area (Å²) in [5, 5.41) is 3.50. The number of nitrogens with one attached hydrogen (secondary N) is 1. The first-order chi connectivity index (χ1) is 12.0. The van der Waals surface area contributed by atoms with Crippen molar-refractivity contribution in [2.45, 2.75) is 26.8 Å². The molecule has 0 saturated heterocycles. The van der Waals surface area contributed by atoms with Crippen molar-refractivity contribution in [3.8, 4) is 0 Å². The van der Waals surface area contributed by atoms with Crippen LogP contribution in [0.2, 0.25) is 5.02 Å². The Bertz CT molecular complexity index is 795. The Balaban J connectivity index is 1.81. The highest BCUT2D eigenvalue weighted by Crippen LogP contribution is 2.26. The van der Waals surface area contributed by atoms with Gasteiger partial charge in [-0.2, -0.15) is 0 Å². The summed E-state index contributed by atoms with van der Waals surface area (Å²) in [7, 11) is 2.01. The number of carbonyl (C=O) groups excluding carboxylic acids is 1. The lowest BCUT2D eigenvalue weighted by molar-refractivity contribution is 0.206. The summed E-state index contributed by atoms with van der Waals surface area (Å²) in [6.07, 6.45) is 0.728. The monoisotopic (exact) mass is 359 g/mol. The zero-order valence-electron chi connectivity index (χ0n) is 14.7. The molecule has 2 heterocycles. The van der Waals surface area contributed by atoms with E-state index in [9.17, 15) is 4.79 Å². The molecule has 1 aromatic heterocycles. The minimum Gasteiger partial charge on any atom is -0.360 e. The number of halogens is 1. The van der Waals surface area contributed by atoms with Gasteiger partial charge in [-0.05, 0) is 32.0 Å². The Kier molecular flexibility index (Phi) is 5.08. The van der Waals surface area contributed by atoms with Crippen LogP contribution in [-0.4, -0.2) is 41.0 Å². The van der Waals surface area contributed by atoms with Crippen LogP contribution in [0.5, 0.6) is 0 Å². The fourth-order valence-electron chi connectivity index (χ4n) is 2.92. The molecule has 2 amide bonds. The summed E-state index contributed by atoms with van der Waals surface area (Å²) in [5.74, 6) is 1.68. The average molecular weight is 360 g/mol. The van der Waals surface area contributed by atoms with Crippen LogP contribution in [0.15, 0.2) is 24.3 Å². The third-order valence-corrected chi connectivity index (χ3v) is 4.58. The summed E-state index contributed by atoms with van der Waals surface area (Å²) >= 11 is 5.98. The van der Waals surface area contributed by atoms with E-state index in [2.05, 4.69) is 27.1 Å². The lowest BCUT2D eigenvalue weighted by atomic mass is 10.1. The van der Waals surface area contributed by atoms with E-state index in [-0.39, 0.29) is 6.03 Å². The number of benzene rings is 1. The molecule has 7 heteroatoms. The van der Waals surface area contributed by atoms with E-state index in [0.717, 1.165) is 35.9 Å². The highest BCUT2D eigenvalue weighted by molar-refractivity contribution is 6.30. The SMILES string of the molecule is CCN(C)c1nc(C)nc2c1CN(C(=O)Nc1cccc(Cl)c1)CC2. The zero-order valence-corrected chi connectivity index (χ0v) is 15.5. The number of nitrogens with zero attached hydrogens (tertiary/aromatic N) is 4. The Hall–Kier alpha value is -2.34. The molecule has 0 fully saturated rings. The van der Waals surface area contributed by atoms with Gasteiger partial charge in [0.1, 0.15) is 11.6 Å². The number of amides is 2. The first-order valence-electron chi connectivity index (χ1n) is 8.37. The molecular weight excluding hydrogens is 338 g/mol. The van der Waals surface area contributed by atoms with Gasteiger partial charge in [0, 0.05) is 42.8 Å². The first kappa shape index (κ1) is 17.5. The second kappa shape index (κ2) is 7.27. The predicted molar refractivity (Wildman–Crippen MR) is 100 cm³/mol. The number of urea groups is 1. The molecule has 1 aliphatic heterocycles. The number of fused-ring (bicyclic) bond motifs is 1. The molecule has 25 heavy (non-hydrogen) atoms. The highest BCUT2D eigenvalue weighted by atomic mass is 35.5. The van der Waals surface area contributed by atoms with Crippen molar-refractivity contribution < 1.29 is 4.79 Å². The van der Waals surface area contributed by atoms with Crippen LogP contribution in [-0.2, 0) is 13.0 Å². The Labute approximate surface area is 152 Å². The number of carbonyl (C=O) groups is 1. The largest absolute Gasteiger partial charge is 0.360 e. The minimum atomic E-state index is -0.140. The Morgan fingerprint density at radius 1 is 1.40 bits per heavy atom. The lowest BCUT2D eigenvalue weighted by Crippen LogP contribution is -2.40. The first-order valence-corrected chi connectivity index (χ1v) is 8.74. The van der Waals surface area contributed by atoms with E-state index in [4.69, 9.17) is 11.6 Å². The molecule has 0 spiro atoms. The van der Waals surface area contributed by atoms with E-state index in [1.165, 1.54) is 0 Å². The second-order valence-corrected chi connectivity index (χ2v) is 6.58. The molecule has 1 aromatic carbocycles. The van der Waals surface area contributed by atoms with Crippen LogP contribution in [0.4, 0.5) is 16.3 Å². The van der Waals surface area contributed by atoms with Gasteiger partial charge >= 0.3 is 6.03 Å². The van der Waals surface area contributed by atoms with Crippen molar-refractivity contribution in [3.63, 3.8) is 0 Å². The van der Waals surface area contributed by atoms with Crippen LogP contribution in [0.25, 0.3) is 0 Å². The number of hydrogen-bond donors (Lipinski definition) is 1. The third-order valence-electron chi connectivity index (χ3n) is 4.35. The number of hydrogen-bond acceptors (Lipinski definition) is 4. The van der Waals surface area contributed by atoms with Gasteiger partial charge in [0.05, 0.1) is 12.2 Å². The van der Waals surface area contributed by atoms with Crippen molar-refractivity contribution in [2.75, 3.05) is 30.4 Å². The summed E-state index contributed by atoms with van der Waals surface area (Å²) in [6.45, 7) is 5.96. The number of rotatable bonds is 3. The fourth-order valence-corrected chi connectivity index (χ4v) is 3.12. The van der Waals surface area contributed by atoms with Crippen molar-refractivity contribution in [1.29, 1.82) is 0 Å². The molecule has 0 atom stereocenters. The van der Waals surface area contributed by atoms with Crippen LogP contribution < -0.4 is 10.2 Å². The molecule has 0 radical (unpaired) electrons. The number of aryl methyl sites for hydroxylation is 1. The van der Waals surface area contributed by atoms with Crippen LogP contribution in [0.3, 0.4) is 0 Å². The molecule has 0 aliphatic carbocycles. The zero-order chi connectivity index (χ0) is 18.0. The quantitative estimate of drug-likeness (QED) is 0.911. The number of aromatic nitrogens is 2. The second-order valence-electron chi connectivity index (χ2n) is 6.15. The molecule has 3 rings (SSSR count). The number of anilines is 2. The van der Waals surface area contributed by atoms with Gasteiger partial charge in [0.2, 0.25) is 0 Å². The van der Waals surface area contributed by atoms with Crippen molar-refractivity contribution >= 4 is 29.1 Å². The van der Waals surface area contributed by atoms with E-state index in [1.807, 2.05) is 26.1 Å². The fraction of sp³-hybridized carbons (Fsp3) is 0.389. The molecule has 1 aliphatic rings. The highest BCUT2D eigenvalue weighted by Gasteiger charge is 2.26. The molecule has 6 nitrogen and oxygen atoms in total. The van der Waals surface area contributed by atoms with Crippen molar-refractivity contribution in [2.24, 2.45) is 0 Å². The maximum Gasteiger partial charge on any atom is 0.322 e. The van der Waals surface area contributed by atoms with Crippen LogP contribution in [0.1, 0.15) is 24.0 Å². The van der Waals surface area contributed by atoms with Gasteiger partial charge in [0.25, 0.3) is 0 Å². The van der Waals surface area contributed by atoms with Gasteiger partial charge in [-0.1, -0.05) is 17.7 Å². The molecule has 1 N–H and O–H groups in total. The minimum absolute atomic E-state index is 0.140. The van der Waals surface area contributed by atoms with Gasteiger partial charge in [-0.15, -0.1) is 0 Å². The summed E-state index contributed by atoms with van der Waals surface area (Å²) in [6, 6.07) is 7.01. The molecule has 0 unspecified atom stereocenters. The maximum atomic E-state index is 12.6. The third kappa shape index (κ3) is 3.85. The van der Waals surface area contributed by atoms with E-state index in [0.29, 0.717) is 23.8 Å². The molecule has 0 saturated carbocycles. The van der Waals surface area contributed by atoms with Crippen molar-refractivity contribution in [3.05, 3.63) is 46.4 Å². The summed E-state index contributed by atoms with van der Waals surface area (Å²) in [4.78, 5) is 25.7. The van der Waals surface area contributed by atoms with Gasteiger partial charge in [-0.25, -0.2) is 14.8 Å². The van der Waals surface area contributed by atoms with Gasteiger partial charge in [0.15, 0.2) is 0 Å². The van der Waals surface area contributed by atoms with Gasteiger partial charge in [-0.3, -0.25) is 0 Å². The Morgan fingerprint density at radius 3 is 2.92 bits per heavy atom. The standard InChI is InChI=1S/C18H22ClN5O/c1-4-23(3)17-15-11-24(9-8-16(15)20-12(2)21-17)18(25)22-14-7-5-6-13(19)10-14/h5-7,10H,4,8-9,11H2,1-3H3,(H,22,25). The average Bonchev–Trinajstić information content (AvgIpc) is 2.59.